The maximum absolute atomic E-state index is 13.2. The number of alkyl halides is 3. The summed E-state index contributed by atoms with van der Waals surface area (Å²) in [6.07, 6.45) is -3.19. The van der Waals surface area contributed by atoms with Crippen molar-refractivity contribution in [1.82, 2.24) is 4.90 Å². The van der Waals surface area contributed by atoms with Crippen molar-refractivity contribution in [2.24, 2.45) is 0 Å². The van der Waals surface area contributed by atoms with Crippen molar-refractivity contribution in [3.05, 3.63) is 95.6 Å². The van der Waals surface area contributed by atoms with Crippen LogP contribution in [0.4, 0.5) is 18.9 Å². The summed E-state index contributed by atoms with van der Waals surface area (Å²) in [6, 6.07) is 22.1. The molecular weight excluding hydrogens is 449 g/mol. The Morgan fingerprint density at radius 1 is 0.909 bits per heavy atom. The minimum atomic E-state index is -4.38. The molecule has 4 nitrogen and oxygen atoms in total. The number of sulfone groups is 1. The third-order valence-electron chi connectivity index (χ3n) is 5.93. The fraction of sp³-hybridized carbons (Fsp3) is 0.280. The molecule has 1 unspecified atom stereocenters. The summed E-state index contributed by atoms with van der Waals surface area (Å²) in [5.41, 5.74) is 1.84. The lowest BCUT2D eigenvalue weighted by Crippen LogP contribution is -2.48. The van der Waals surface area contributed by atoms with Crippen LogP contribution >= 0.6 is 0 Å². The Morgan fingerprint density at radius 3 is 2.33 bits per heavy atom. The van der Waals surface area contributed by atoms with Crippen LogP contribution in [-0.2, 0) is 22.6 Å². The highest BCUT2D eigenvalue weighted by Gasteiger charge is 2.32. The van der Waals surface area contributed by atoms with E-state index in [0.717, 1.165) is 17.3 Å². The zero-order chi connectivity index (χ0) is 23.6. The summed E-state index contributed by atoms with van der Waals surface area (Å²) in [5, 5.41) is 0. The lowest BCUT2D eigenvalue weighted by Gasteiger charge is -2.43. The topological polar surface area (TPSA) is 40.6 Å². The highest BCUT2D eigenvalue weighted by Crippen LogP contribution is 2.33. The van der Waals surface area contributed by atoms with Gasteiger partial charge in [-0.1, -0.05) is 54.6 Å². The van der Waals surface area contributed by atoms with Gasteiger partial charge in [0, 0.05) is 38.1 Å². The third kappa shape index (κ3) is 5.57. The predicted octanol–water partition coefficient (Wildman–Crippen LogP) is 5.17. The Morgan fingerprint density at radius 2 is 1.64 bits per heavy atom. The van der Waals surface area contributed by atoms with Crippen LogP contribution in [0.3, 0.4) is 0 Å². The van der Waals surface area contributed by atoms with Crippen molar-refractivity contribution >= 4 is 15.5 Å². The molecule has 1 heterocycles. The average molecular weight is 475 g/mol. The van der Waals surface area contributed by atoms with Gasteiger partial charge in [0.25, 0.3) is 0 Å². The second kappa shape index (κ2) is 9.19. The van der Waals surface area contributed by atoms with Gasteiger partial charge < -0.3 is 4.90 Å². The molecule has 0 bridgehead atoms. The van der Waals surface area contributed by atoms with E-state index in [-0.39, 0.29) is 10.9 Å². The normalized spacial score (nSPS) is 17.8. The van der Waals surface area contributed by atoms with Gasteiger partial charge >= 0.3 is 6.18 Å². The van der Waals surface area contributed by atoms with Gasteiger partial charge in [-0.15, -0.1) is 0 Å². The maximum Gasteiger partial charge on any atom is 0.416 e. The van der Waals surface area contributed by atoms with Gasteiger partial charge in [-0.25, -0.2) is 8.42 Å². The molecule has 1 aliphatic rings. The third-order valence-corrected chi connectivity index (χ3v) is 7.04. The summed E-state index contributed by atoms with van der Waals surface area (Å²) < 4.78 is 63.5. The summed E-state index contributed by atoms with van der Waals surface area (Å²) >= 11 is 0. The molecule has 1 aliphatic heterocycles. The Balaban J connectivity index is 1.61. The summed E-state index contributed by atoms with van der Waals surface area (Å²) in [5.74, 6) is 0. The molecule has 3 aromatic carbocycles. The van der Waals surface area contributed by atoms with Crippen molar-refractivity contribution in [2.45, 2.75) is 23.7 Å². The lowest BCUT2D eigenvalue weighted by atomic mass is 10.0. The van der Waals surface area contributed by atoms with Crippen LogP contribution in [0.5, 0.6) is 0 Å². The van der Waals surface area contributed by atoms with E-state index in [1.807, 2.05) is 36.4 Å². The second-order valence-electron chi connectivity index (χ2n) is 8.31. The Labute approximate surface area is 192 Å². The first-order valence-electron chi connectivity index (χ1n) is 10.6. The molecule has 3 aromatic rings. The van der Waals surface area contributed by atoms with E-state index in [1.165, 1.54) is 18.4 Å². The number of halogens is 3. The quantitative estimate of drug-likeness (QED) is 0.512. The van der Waals surface area contributed by atoms with E-state index in [2.05, 4.69) is 9.80 Å². The molecule has 0 spiro atoms. The van der Waals surface area contributed by atoms with Crippen LogP contribution in [0.15, 0.2) is 83.8 Å². The van der Waals surface area contributed by atoms with Crippen LogP contribution in [-0.4, -0.2) is 39.2 Å². The van der Waals surface area contributed by atoms with Crippen LogP contribution in [0.25, 0.3) is 0 Å². The molecule has 174 valence electrons. The van der Waals surface area contributed by atoms with Gasteiger partial charge in [-0.3, -0.25) is 4.90 Å². The van der Waals surface area contributed by atoms with Gasteiger partial charge in [-0.2, -0.15) is 13.2 Å². The number of hydrogen-bond acceptors (Lipinski definition) is 4. The average Bonchev–Trinajstić information content (AvgIpc) is 2.79. The number of anilines is 1. The first kappa shape index (κ1) is 23.3. The molecule has 0 N–H and O–H groups in total. The highest BCUT2D eigenvalue weighted by atomic mass is 32.2. The predicted molar refractivity (Wildman–Crippen MR) is 123 cm³/mol. The smallest absolute Gasteiger partial charge is 0.368 e. The highest BCUT2D eigenvalue weighted by molar-refractivity contribution is 7.90. The van der Waals surface area contributed by atoms with Crippen LogP contribution in [0.2, 0.25) is 0 Å². The summed E-state index contributed by atoms with van der Waals surface area (Å²) in [4.78, 5) is 4.58. The molecule has 0 aliphatic carbocycles. The Bertz CT molecular complexity index is 1210. The van der Waals surface area contributed by atoms with E-state index in [0.29, 0.717) is 31.7 Å². The minimum absolute atomic E-state index is 0.0589. The molecule has 4 rings (SSSR count). The van der Waals surface area contributed by atoms with Crippen molar-refractivity contribution in [3.63, 3.8) is 0 Å². The monoisotopic (exact) mass is 474 g/mol. The van der Waals surface area contributed by atoms with Gasteiger partial charge in [-0.05, 0) is 35.4 Å². The fourth-order valence-corrected chi connectivity index (χ4v) is 4.89. The van der Waals surface area contributed by atoms with Gasteiger partial charge in [0.2, 0.25) is 0 Å². The van der Waals surface area contributed by atoms with E-state index in [9.17, 15) is 21.6 Å². The number of piperazine rings is 1. The van der Waals surface area contributed by atoms with E-state index < -0.39 is 21.6 Å². The Kier molecular flexibility index (Phi) is 6.50. The molecule has 33 heavy (non-hydrogen) atoms. The molecule has 1 fully saturated rings. The Hall–Kier alpha value is -2.84. The van der Waals surface area contributed by atoms with E-state index >= 15 is 0 Å². The summed E-state index contributed by atoms with van der Waals surface area (Å²) in [7, 11) is -3.33. The maximum atomic E-state index is 13.2. The molecule has 8 heteroatoms. The minimum Gasteiger partial charge on any atom is -0.368 e. The van der Waals surface area contributed by atoms with Crippen LogP contribution in [0, 0.1) is 0 Å². The standard InChI is InChI=1S/C25H25F3N2O2S/c1-33(31,32)23-12-6-11-22(16-23)29-13-14-30(24(18-29)20-8-3-2-4-9-20)17-19-7-5-10-21(15-19)25(26,27)28/h2-12,15-16,24H,13-14,17-18H2,1H3. The van der Waals surface area contributed by atoms with E-state index in [4.69, 9.17) is 0 Å². The zero-order valence-corrected chi connectivity index (χ0v) is 19.0. The number of hydrogen-bond donors (Lipinski definition) is 0. The van der Waals surface area contributed by atoms with E-state index in [1.54, 1.807) is 24.3 Å². The van der Waals surface area contributed by atoms with Gasteiger partial charge in [0.15, 0.2) is 9.84 Å². The van der Waals surface area contributed by atoms with Gasteiger partial charge in [0.05, 0.1) is 16.5 Å². The van der Waals surface area contributed by atoms with Crippen LogP contribution in [0.1, 0.15) is 22.7 Å². The van der Waals surface area contributed by atoms with Crippen molar-refractivity contribution in [2.75, 3.05) is 30.8 Å². The number of rotatable bonds is 5. The molecule has 0 saturated carbocycles. The lowest BCUT2D eigenvalue weighted by molar-refractivity contribution is -0.137. The number of benzene rings is 3. The molecule has 0 amide bonds. The molecular formula is C25H25F3N2O2S. The molecule has 1 saturated heterocycles. The fourth-order valence-electron chi connectivity index (χ4n) is 4.23. The first-order valence-corrected chi connectivity index (χ1v) is 12.5. The molecule has 0 aromatic heterocycles. The van der Waals surface area contributed by atoms with Crippen molar-refractivity contribution in [3.8, 4) is 0 Å². The van der Waals surface area contributed by atoms with Crippen molar-refractivity contribution in [1.29, 1.82) is 0 Å². The van der Waals surface area contributed by atoms with Crippen LogP contribution < -0.4 is 4.90 Å². The second-order valence-corrected chi connectivity index (χ2v) is 10.3. The SMILES string of the molecule is CS(=O)(=O)c1cccc(N2CCN(Cc3cccc(C(F)(F)F)c3)C(c3ccccc3)C2)c1. The summed E-state index contributed by atoms with van der Waals surface area (Å²) in [6.45, 7) is 2.24. The molecule has 1 atom stereocenters. The molecule has 0 radical (unpaired) electrons. The number of nitrogens with zero attached hydrogens (tertiary/aromatic N) is 2. The van der Waals surface area contributed by atoms with Gasteiger partial charge in [0.1, 0.15) is 0 Å². The largest absolute Gasteiger partial charge is 0.416 e. The van der Waals surface area contributed by atoms with Crippen molar-refractivity contribution < 1.29 is 21.6 Å². The first-order chi connectivity index (χ1) is 15.6. The zero-order valence-electron chi connectivity index (χ0n) is 18.2.